The van der Waals surface area contributed by atoms with Crippen LogP contribution in [0.4, 0.5) is 0 Å². The number of hydrogen-bond acceptors (Lipinski definition) is 6. The van der Waals surface area contributed by atoms with E-state index in [0.29, 0.717) is 5.82 Å². The number of hydrogen-bond donors (Lipinski definition) is 1. The largest absolute Gasteiger partial charge is 0.451 e. The topological polar surface area (TPSA) is 103 Å². The van der Waals surface area contributed by atoms with E-state index in [1.165, 1.54) is 6.07 Å². The minimum Gasteiger partial charge on any atom is -0.451 e. The summed E-state index contributed by atoms with van der Waals surface area (Å²) in [5, 5.41) is 6.56. The number of aryl methyl sites for hydroxylation is 2. The van der Waals surface area contributed by atoms with Gasteiger partial charge in [0.25, 0.3) is 5.91 Å². The quantitative estimate of drug-likeness (QED) is 0.607. The molecule has 3 aromatic rings. The maximum atomic E-state index is 12.4. The predicted molar refractivity (Wildman–Crippen MR) is 109 cm³/mol. The number of imide groups is 1. The number of amides is 2. The molecule has 0 aliphatic carbocycles. The maximum Gasteiger partial charge on any atom is 0.359 e. The number of carbonyl (C=O) groups excluding carboxylic acids is 3. The highest BCUT2D eigenvalue weighted by atomic mass is 35.5. The normalized spacial score (nSPS) is 10.5. The third-order valence-corrected chi connectivity index (χ3v) is 4.38. The molecule has 1 N–H and O–H groups in total. The second-order valence-electron chi connectivity index (χ2n) is 6.55. The van der Waals surface area contributed by atoms with E-state index in [2.05, 4.69) is 15.4 Å². The minimum atomic E-state index is -0.881. The molecule has 2 amide bonds. The zero-order valence-corrected chi connectivity index (χ0v) is 17.1. The third kappa shape index (κ3) is 5.30. The van der Waals surface area contributed by atoms with Gasteiger partial charge in [-0.2, -0.15) is 5.10 Å². The molecule has 0 radical (unpaired) electrons. The number of aromatic nitrogens is 3. The monoisotopic (exact) mass is 426 g/mol. The van der Waals surface area contributed by atoms with Crippen molar-refractivity contribution >= 4 is 29.4 Å². The van der Waals surface area contributed by atoms with Crippen LogP contribution in [-0.2, 0) is 20.7 Å². The molecule has 30 heavy (non-hydrogen) atoms. The fourth-order valence-electron chi connectivity index (χ4n) is 2.77. The molecule has 3 rings (SSSR count). The van der Waals surface area contributed by atoms with Gasteiger partial charge in [0.05, 0.1) is 17.1 Å². The highest BCUT2D eigenvalue weighted by Gasteiger charge is 2.18. The predicted octanol–water partition coefficient (Wildman–Crippen LogP) is 2.58. The number of rotatable bonds is 6. The minimum absolute atomic E-state index is 0.0403. The lowest BCUT2D eigenvalue weighted by atomic mass is 10.1. The van der Waals surface area contributed by atoms with Crippen molar-refractivity contribution < 1.29 is 19.1 Å². The molecule has 0 unspecified atom stereocenters. The fraction of sp³-hybridized carbons (Fsp3) is 0.190. The van der Waals surface area contributed by atoms with Gasteiger partial charge in [-0.1, -0.05) is 41.9 Å². The number of halogens is 1. The highest BCUT2D eigenvalue weighted by molar-refractivity contribution is 6.33. The van der Waals surface area contributed by atoms with Crippen LogP contribution in [0, 0.1) is 13.8 Å². The first-order chi connectivity index (χ1) is 14.3. The summed E-state index contributed by atoms with van der Waals surface area (Å²) in [4.78, 5) is 40.4. The van der Waals surface area contributed by atoms with Crippen molar-refractivity contribution in [2.45, 2.75) is 20.3 Å². The lowest BCUT2D eigenvalue weighted by molar-refractivity contribution is -0.132. The molecule has 2 aromatic heterocycles. The van der Waals surface area contributed by atoms with Gasteiger partial charge in [-0.3, -0.25) is 14.9 Å². The van der Waals surface area contributed by atoms with Crippen LogP contribution >= 0.6 is 11.6 Å². The zero-order valence-electron chi connectivity index (χ0n) is 16.4. The summed E-state index contributed by atoms with van der Waals surface area (Å²) in [5.41, 5.74) is 2.24. The maximum absolute atomic E-state index is 12.4. The van der Waals surface area contributed by atoms with Crippen LogP contribution in [-0.4, -0.2) is 39.2 Å². The highest BCUT2D eigenvalue weighted by Crippen LogP contribution is 2.18. The van der Waals surface area contributed by atoms with Crippen molar-refractivity contribution in [3.63, 3.8) is 0 Å². The van der Waals surface area contributed by atoms with E-state index in [0.717, 1.165) is 17.0 Å². The second kappa shape index (κ2) is 9.32. The Morgan fingerprint density at radius 3 is 2.47 bits per heavy atom. The molecule has 0 fully saturated rings. The van der Waals surface area contributed by atoms with E-state index in [9.17, 15) is 14.4 Å². The molecular weight excluding hydrogens is 408 g/mol. The van der Waals surface area contributed by atoms with Crippen molar-refractivity contribution in [1.29, 1.82) is 0 Å². The summed E-state index contributed by atoms with van der Waals surface area (Å²) in [7, 11) is 0. The molecule has 1 aromatic carbocycles. The number of ether oxygens (including phenoxy) is 1. The Balaban J connectivity index is 1.60. The van der Waals surface area contributed by atoms with Crippen LogP contribution in [0.2, 0.25) is 5.02 Å². The summed E-state index contributed by atoms with van der Waals surface area (Å²) >= 11 is 6.07. The number of esters is 1. The van der Waals surface area contributed by atoms with Crippen LogP contribution in [0.1, 0.15) is 27.4 Å². The van der Waals surface area contributed by atoms with Gasteiger partial charge in [-0.25, -0.2) is 14.5 Å². The molecule has 0 spiro atoms. The first kappa shape index (κ1) is 21.2. The van der Waals surface area contributed by atoms with Gasteiger partial charge in [0, 0.05) is 5.69 Å². The van der Waals surface area contributed by atoms with Crippen LogP contribution in [0.3, 0.4) is 0 Å². The van der Waals surface area contributed by atoms with Crippen molar-refractivity contribution in [1.82, 2.24) is 20.1 Å². The Hall–Kier alpha value is -3.52. The Morgan fingerprint density at radius 2 is 1.80 bits per heavy atom. The van der Waals surface area contributed by atoms with Crippen molar-refractivity contribution in [3.05, 3.63) is 76.2 Å². The number of nitrogens with zero attached hydrogens (tertiary/aromatic N) is 3. The van der Waals surface area contributed by atoms with Crippen molar-refractivity contribution in [3.8, 4) is 5.82 Å². The van der Waals surface area contributed by atoms with E-state index < -0.39 is 24.4 Å². The van der Waals surface area contributed by atoms with E-state index in [1.54, 1.807) is 35.0 Å². The molecule has 0 aliphatic rings. The molecule has 0 bridgehead atoms. The first-order valence-electron chi connectivity index (χ1n) is 9.07. The number of benzene rings is 1. The molecular formula is C21H19ClN4O4. The van der Waals surface area contributed by atoms with Gasteiger partial charge in [-0.15, -0.1) is 0 Å². The summed E-state index contributed by atoms with van der Waals surface area (Å²) in [6.45, 7) is 3.05. The number of carbonyl (C=O) groups is 3. The number of nitrogens with one attached hydrogen (secondary N) is 1. The lowest BCUT2D eigenvalue weighted by Crippen LogP contribution is -2.35. The summed E-state index contributed by atoms with van der Waals surface area (Å²) < 4.78 is 6.54. The van der Waals surface area contributed by atoms with Crippen LogP contribution in [0.15, 0.2) is 48.5 Å². The van der Waals surface area contributed by atoms with Gasteiger partial charge in [-0.05, 0) is 37.6 Å². The summed E-state index contributed by atoms with van der Waals surface area (Å²) in [6.07, 6.45) is 0.0403. The van der Waals surface area contributed by atoms with Crippen molar-refractivity contribution in [2.75, 3.05) is 6.61 Å². The smallest absolute Gasteiger partial charge is 0.359 e. The van der Waals surface area contributed by atoms with Crippen LogP contribution in [0.5, 0.6) is 0 Å². The molecule has 9 heteroatoms. The van der Waals surface area contributed by atoms with Gasteiger partial charge in [0.15, 0.2) is 18.1 Å². The van der Waals surface area contributed by atoms with E-state index >= 15 is 0 Å². The zero-order chi connectivity index (χ0) is 21.7. The number of pyridine rings is 1. The molecule has 0 aliphatic heterocycles. The SMILES string of the molecule is Cc1cc(C)n(-c2ccc(Cl)c(C(=O)OCC(=O)NC(=O)Cc3ccccc3)n2)n1. The molecule has 2 heterocycles. The molecule has 0 saturated heterocycles. The van der Waals surface area contributed by atoms with Gasteiger partial charge in [0.2, 0.25) is 5.91 Å². The third-order valence-electron chi connectivity index (χ3n) is 4.07. The molecule has 154 valence electrons. The Labute approximate surface area is 177 Å². The van der Waals surface area contributed by atoms with Crippen LogP contribution < -0.4 is 5.32 Å². The standard InChI is InChI=1S/C21H19ClN4O4/c1-13-10-14(2)26(25-13)17-9-8-16(22)20(23-17)21(29)30-12-19(28)24-18(27)11-15-6-4-3-5-7-15/h3-10H,11-12H2,1-2H3,(H,24,27,28). The van der Waals surface area contributed by atoms with E-state index in [1.807, 2.05) is 26.0 Å². The molecule has 0 saturated carbocycles. The average Bonchev–Trinajstić information content (AvgIpc) is 3.05. The lowest BCUT2D eigenvalue weighted by Gasteiger charge is -2.09. The summed E-state index contributed by atoms with van der Waals surface area (Å²) in [5.74, 6) is -1.73. The van der Waals surface area contributed by atoms with Crippen LogP contribution in [0.25, 0.3) is 5.82 Å². The summed E-state index contributed by atoms with van der Waals surface area (Å²) in [6, 6.07) is 13.9. The average molecular weight is 427 g/mol. The van der Waals surface area contributed by atoms with Gasteiger partial charge >= 0.3 is 5.97 Å². The molecule has 8 nitrogen and oxygen atoms in total. The fourth-order valence-corrected chi connectivity index (χ4v) is 2.95. The Bertz CT molecular complexity index is 1100. The molecule has 0 atom stereocenters. The Morgan fingerprint density at radius 1 is 1.07 bits per heavy atom. The Kier molecular flexibility index (Phi) is 6.58. The van der Waals surface area contributed by atoms with Gasteiger partial charge < -0.3 is 4.74 Å². The van der Waals surface area contributed by atoms with Gasteiger partial charge in [0.1, 0.15) is 0 Å². The first-order valence-corrected chi connectivity index (χ1v) is 9.45. The van der Waals surface area contributed by atoms with E-state index in [4.69, 9.17) is 16.3 Å². The second-order valence-corrected chi connectivity index (χ2v) is 6.96. The van der Waals surface area contributed by atoms with Crippen molar-refractivity contribution in [2.24, 2.45) is 0 Å². The van der Waals surface area contributed by atoms with E-state index in [-0.39, 0.29) is 17.1 Å².